The summed E-state index contributed by atoms with van der Waals surface area (Å²) < 4.78 is 0. The maximum Gasteiger partial charge on any atom is 0.251 e. The van der Waals surface area contributed by atoms with Gasteiger partial charge in [-0.25, -0.2) is 0 Å². The van der Waals surface area contributed by atoms with Gasteiger partial charge in [0.25, 0.3) is 5.91 Å². The zero-order chi connectivity index (χ0) is 21.5. The Labute approximate surface area is 178 Å². The monoisotopic (exact) mass is 412 g/mol. The van der Waals surface area contributed by atoms with E-state index < -0.39 is 5.41 Å². The maximum absolute atomic E-state index is 12.3. The Kier molecular flexibility index (Phi) is 7.91. The normalized spacial score (nSPS) is 11.8. The van der Waals surface area contributed by atoms with Crippen molar-refractivity contribution in [2.75, 3.05) is 17.6 Å². The molecule has 0 spiro atoms. The number of hydrogen-bond donors (Lipinski definition) is 2. The summed E-state index contributed by atoms with van der Waals surface area (Å²) in [5.41, 5.74) is 1.14. The van der Waals surface area contributed by atoms with Gasteiger partial charge >= 0.3 is 0 Å². The molecule has 0 aromatic heterocycles. The lowest BCUT2D eigenvalue weighted by molar-refractivity contribution is -0.123. The molecule has 0 radical (unpaired) electrons. The number of thioether (sulfide) groups is 1. The SMILES string of the molecule is CC(C)(CCNC(=O)c1ccccc1)CSc1ccccc1NC(=O)C(C)(C)C. The third-order valence-corrected chi connectivity index (χ3v) is 6.15. The van der Waals surface area contributed by atoms with E-state index in [0.717, 1.165) is 22.8 Å². The predicted octanol–water partition coefficient (Wildman–Crippen LogP) is 5.61. The average Bonchev–Trinajstić information content (AvgIpc) is 2.67. The zero-order valence-corrected chi connectivity index (χ0v) is 18.9. The van der Waals surface area contributed by atoms with E-state index >= 15 is 0 Å². The highest BCUT2D eigenvalue weighted by Gasteiger charge is 2.23. The van der Waals surface area contributed by atoms with E-state index in [9.17, 15) is 9.59 Å². The molecule has 0 saturated carbocycles. The van der Waals surface area contributed by atoms with Crippen molar-refractivity contribution in [2.24, 2.45) is 10.8 Å². The number of amides is 2. The van der Waals surface area contributed by atoms with Crippen LogP contribution < -0.4 is 10.6 Å². The minimum absolute atomic E-state index is 0.00781. The van der Waals surface area contributed by atoms with Crippen LogP contribution in [0.5, 0.6) is 0 Å². The van der Waals surface area contributed by atoms with Gasteiger partial charge in [0.05, 0.1) is 5.69 Å². The topological polar surface area (TPSA) is 58.2 Å². The molecule has 0 bridgehead atoms. The first-order chi connectivity index (χ1) is 13.6. The zero-order valence-electron chi connectivity index (χ0n) is 18.0. The van der Waals surface area contributed by atoms with Gasteiger partial charge in [0.1, 0.15) is 0 Å². The molecule has 0 saturated heterocycles. The molecule has 29 heavy (non-hydrogen) atoms. The van der Waals surface area contributed by atoms with E-state index in [-0.39, 0.29) is 17.2 Å². The van der Waals surface area contributed by atoms with Crippen molar-refractivity contribution >= 4 is 29.3 Å². The van der Waals surface area contributed by atoms with Crippen LogP contribution in [-0.4, -0.2) is 24.1 Å². The van der Waals surface area contributed by atoms with Gasteiger partial charge in [0.15, 0.2) is 0 Å². The van der Waals surface area contributed by atoms with Crippen LogP contribution in [0.1, 0.15) is 51.4 Å². The second-order valence-electron chi connectivity index (χ2n) is 9.03. The first kappa shape index (κ1) is 23.0. The minimum atomic E-state index is -0.436. The molecule has 2 rings (SSSR count). The standard InChI is InChI=1S/C24H32N2O2S/c1-23(2,3)22(28)26-19-13-9-10-14-20(19)29-17-24(4,5)15-16-25-21(27)18-11-7-6-8-12-18/h6-14H,15-17H2,1-5H3,(H,25,27)(H,26,28). The summed E-state index contributed by atoms with van der Waals surface area (Å²) in [6.45, 7) is 10.8. The summed E-state index contributed by atoms with van der Waals surface area (Å²) in [5.74, 6) is 0.856. The Bertz CT molecular complexity index is 826. The summed E-state index contributed by atoms with van der Waals surface area (Å²) >= 11 is 1.73. The molecule has 4 nitrogen and oxygen atoms in total. The number of benzene rings is 2. The van der Waals surface area contributed by atoms with Crippen molar-refractivity contribution in [3.63, 3.8) is 0 Å². The summed E-state index contributed by atoms with van der Waals surface area (Å²) in [7, 11) is 0. The van der Waals surface area contributed by atoms with Crippen molar-refractivity contribution in [1.29, 1.82) is 0 Å². The molecule has 5 heteroatoms. The maximum atomic E-state index is 12.3. The summed E-state index contributed by atoms with van der Waals surface area (Å²) in [6.07, 6.45) is 0.870. The van der Waals surface area contributed by atoms with E-state index in [1.807, 2.05) is 75.4 Å². The molecule has 0 aliphatic heterocycles. The molecular formula is C24H32N2O2S. The number of rotatable bonds is 8. The van der Waals surface area contributed by atoms with Crippen LogP contribution in [0.4, 0.5) is 5.69 Å². The number of carbonyl (C=O) groups is 2. The lowest BCUT2D eigenvalue weighted by Crippen LogP contribution is -2.29. The Hall–Kier alpha value is -2.27. The van der Waals surface area contributed by atoms with Gasteiger partial charge < -0.3 is 10.6 Å². The van der Waals surface area contributed by atoms with Gasteiger partial charge in [0, 0.05) is 28.2 Å². The molecule has 156 valence electrons. The largest absolute Gasteiger partial charge is 0.352 e. The number of hydrogen-bond acceptors (Lipinski definition) is 3. The molecule has 2 aromatic rings. The summed E-state index contributed by atoms with van der Waals surface area (Å²) in [4.78, 5) is 25.6. The minimum Gasteiger partial charge on any atom is -0.352 e. The first-order valence-corrected chi connectivity index (χ1v) is 10.9. The lowest BCUT2D eigenvalue weighted by atomic mass is 9.92. The molecule has 0 unspecified atom stereocenters. The van der Waals surface area contributed by atoms with Crippen LogP contribution in [0.2, 0.25) is 0 Å². The number of nitrogens with one attached hydrogen (secondary N) is 2. The molecule has 0 atom stereocenters. The van der Waals surface area contributed by atoms with Gasteiger partial charge in [-0.3, -0.25) is 9.59 Å². The van der Waals surface area contributed by atoms with Gasteiger partial charge in [-0.15, -0.1) is 11.8 Å². The Morgan fingerprint density at radius 3 is 2.17 bits per heavy atom. The van der Waals surface area contributed by atoms with Crippen molar-refractivity contribution in [2.45, 2.75) is 45.9 Å². The van der Waals surface area contributed by atoms with E-state index in [1.165, 1.54) is 0 Å². The molecule has 0 fully saturated rings. The number of carbonyl (C=O) groups excluding carboxylic acids is 2. The van der Waals surface area contributed by atoms with E-state index in [0.29, 0.717) is 12.1 Å². The van der Waals surface area contributed by atoms with Crippen LogP contribution in [0, 0.1) is 10.8 Å². The quantitative estimate of drug-likeness (QED) is 0.554. The van der Waals surface area contributed by atoms with Crippen LogP contribution in [0.3, 0.4) is 0 Å². The Balaban J connectivity index is 1.88. The van der Waals surface area contributed by atoms with E-state index in [2.05, 4.69) is 24.5 Å². The highest BCUT2D eigenvalue weighted by Crippen LogP contribution is 2.34. The van der Waals surface area contributed by atoms with Crippen molar-refractivity contribution in [3.8, 4) is 0 Å². The fraction of sp³-hybridized carbons (Fsp3) is 0.417. The molecule has 2 N–H and O–H groups in total. The van der Waals surface area contributed by atoms with Gasteiger partial charge in [-0.1, -0.05) is 65.0 Å². The highest BCUT2D eigenvalue weighted by atomic mass is 32.2. The third kappa shape index (κ3) is 7.58. The Morgan fingerprint density at radius 1 is 0.897 bits per heavy atom. The second-order valence-corrected chi connectivity index (χ2v) is 10.0. The second kappa shape index (κ2) is 9.97. The molecule has 0 heterocycles. The lowest BCUT2D eigenvalue weighted by Gasteiger charge is -2.25. The smallest absolute Gasteiger partial charge is 0.251 e. The molecule has 0 aliphatic rings. The molecule has 0 aliphatic carbocycles. The molecular weight excluding hydrogens is 380 g/mol. The van der Waals surface area contributed by atoms with Crippen molar-refractivity contribution < 1.29 is 9.59 Å². The fourth-order valence-electron chi connectivity index (χ4n) is 2.56. The highest BCUT2D eigenvalue weighted by molar-refractivity contribution is 7.99. The Morgan fingerprint density at radius 2 is 1.52 bits per heavy atom. The van der Waals surface area contributed by atoms with E-state index in [4.69, 9.17) is 0 Å². The molecule has 2 amide bonds. The summed E-state index contributed by atoms with van der Waals surface area (Å²) in [5, 5.41) is 6.05. The van der Waals surface area contributed by atoms with Crippen molar-refractivity contribution in [3.05, 3.63) is 60.2 Å². The first-order valence-electron chi connectivity index (χ1n) is 9.95. The predicted molar refractivity (Wildman–Crippen MR) is 122 cm³/mol. The van der Waals surface area contributed by atoms with Gasteiger partial charge in [-0.05, 0) is 36.1 Å². The van der Waals surface area contributed by atoms with Gasteiger partial charge in [-0.2, -0.15) is 0 Å². The van der Waals surface area contributed by atoms with Crippen LogP contribution >= 0.6 is 11.8 Å². The van der Waals surface area contributed by atoms with Crippen LogP contribution in [-0.2, 0) is 4.79 Å². The third-order valence-electron chi connectivity index (χ3n) is 4.56. The van der Waals surface area contributed by atoms with Crippen LogP contribution in [0.25, 0.3) is 0 Å². The number of para-hydroxylation sites is 1. The fourth-order valence-corrected chi connectivity index (χ4v) is 3.70. The van der Waals surface area contributed by atoms with Crippen LogP contribution in [0.15, 0.2) is 59.5 Å². The number of anilines is 1. The van der Waals surface area contributed by atoms with Crippen molar-refractivity contribution in [1.82, 2.24) is 5.32 Å². The average molecular weight is 413 g/mol. The molecule has 2 aromatic carbocycles. The van der Waals surface area contributed by atoms with E-state index in [1.54, 1.807) is 11.8 Å². The summed E-state index contributed by atoms with van der Waals surface area (Å²) in [6, 6.07) is 17.2. The van der Waals surface area contributed by atoms with Gasteiger partial charge in [0.2, 0.25) is 5.91 Å².